The molecule has 0 heterocycles. The maximum atomic E-state index is 12.3. The van der Waals surface area contributed by atoms with E-state index in [4.69, 9.17) is 0 Å². The van der Waals surface area contributed by atoms with E-state index < -0.39 is 20.2 Å². The lowest BCUT2D eigenvalue weighted by atomic mass is 9.98. The van der Waals surface area contributed by atoms with Crippen LogP contribution in [-0.4, -0.2) is 54.6 Å². The Labute approximate surface area is 145 Å². The molecule has 0 aliphatic carbocycles. The predicted octanol–water partition coefficient (Wildman–Crippen LogP) is 1.28. The minimum absolute atomic E-state index is 0.0144. The van der Waals surface area contributed by atoms with Gasteiger partial charge in [0.25, 0.3) is 10.2 Å². The SMILES string of the molecule is Cc1cccc(C(C)C)c1N(CCNS(=O)(=O)N(C)C)S(C)(=O)=O. The first-order valence-corrected chi connectivity index (χ1v) is 10.9. The molecule has 138 valence electrons. The van der Waals surface area contributed by atoms with Gasteiger partial charge in [-0.05, 0) is 24.0 Å². The molecule has 1 aromatic carbocycles. The van der Waals surface area contributed by atoms with Gasteiger partial charge in [0.2, 0.25) is 10.0 Å². The van der Waals surface area contributed by atoms with Crippen LogP contribution in [0.5, 0.6) is 0 Å². The third-order valence-electron chi connectivity index (χ3n) is 3.62. The number of rotatable bonds is 8. The highest BCUT2D eigenvalue weighted by atomic mass is 32.2. The molecular weight excluding hydrogens is 350 g/mol. The van der Waals surface area contributed by atoms with E-state index in [1.54, 1.807) is 0 Å². The molecule has 1 aromatic rings. The number of nitrogens with one attached hydrogen (secondary N) is 1. The summed E-state index contributed by atoms with van der Waals surface area (Å²) in [5, 5.41) is 0. The number of hydrogen-bond acceptors (Lipinski definition) is 4. The summed E-state index contributed by atoms with van der Waals surface area (Å²) in [7, 11) is -4.32. The average Bonchev–Trinajstić information content (AvgIpc) is 2.42. The monoisotopic (exact) mass is 377 g/mol. The Morgan fingerprint density at radius 3 is 2.17 bits per heavy atom. The molecule has 7 nitrogen and oxygen atoms in total. The summed E-state index contributed by atoms with van der Waals surface area (Å²) in [6.07, 6.45) is 1.13. The van der Waals surface area contributed by atoms with Gasteiger partial charge in [-0.15, -0.1) is 0 Å². The van der Waals surface area contributed by atoms with Crippen molar-refractivity contribution in [3.05, 3.63) is 29.3 Å². The molecule has 0 fully saturated rings. The first-order chi connectivity index (χ1) is 10.9. The van der Waals surface area contributed by atoms with Gasteiger partial charge < -0.3 is 0 Å². The zero-order valence-electron chi connectivity index (χ0n) is 15.1. The van der Waals surface area contributed by atoms with Gasteiger partial charge in [0.15, 0.2) is 0 Å². The second-order valence-electron chi connectivity index (χ2n) is 6.18. The summed E-state index contributed by atoms with van der Waals surface area (Å²) in [4.78, 5) is 0. The molecule has 0 unspecified atom stereocenters. The van der Waals surface area contributed by atoms with Gasteiger partial charge in [-0.1, -0.05) is 32.0 Å². The zero-order valence-corrected chi connectivity index (χ0v) is 16.7. The van der Waals surface area contributed by atoms with Gasteiger partial charge in [0.05, 0.1) is 11.9 Å². The van der Waals surface area contributed by atoms with Crippen molar-refractivity contribution in [3.8, 4) is 0 Å². The van der Waals surface area contributed by atoms with Crippen molar-refractivity contribution in [2.75, 3.05) is 37.7 Å². The van der Waals surface area contributed by atoms with Crippen LogP contribution in [0.15, 0.2) is 18.2 Å². The lowest BCUT2D eigenvalue weighted by molar-refractivity contribution is 0.506. The van der Waals surface area contributed by atoms with Crippen LogP contribution in [0.1, 0.15) is 30.9 Å². The Morgan fingerprint density at radius 1 is 1.12 bits per heavy atom. The molecule has 24 heavy (non-hydrogen) atoms. The van der Waals surface area contributed by atoms with Crippen LogP contribution in [0.4, 0.5) is 5.69 Å². The Morgan fingerprint density at radius 2 is 1.71 bits per heavy atom. The molecule has 0 aliphatic rings. The maximum Gasteiger partial charge on any atom is 0.278 e. The highest BCUT2D eigenvalue weighted by Crippen LogP contribution is 2.32. The van der Waals surface area contributed by atoms with Gasteiger partial charge >= 0.3 is 0 Å². The third kappa shape index (κ3) is 5.17. The van der Waals surface area contributed by atoms with Gasteiger partial charge in [-0.25, -0.2) is 13.1 Å². The first-order valence-electron chi connectivity index (χ1n) is 7.62. The maximum absolute atomic E-state index is 12.3. The molecule has 0 radical (unpaired) electrons. The Balaban J connectivity index is 3.19. The summed E-state index contributed by atoms with van der Waals surface area (Å²) in [6, 6.07) is 5.64. The van der Waals surface area contributed by atoms with E-state index in [-0.39, 0.29) is 19.0 Å². The molecule has 1 N–H and O–H groups in total. The number of nitrogens with zero attached hydrogens (tertiary/aromatic N) is 2. The molecule has 0 atom stereocenters. The summed E-state index contributed by atoms with van der Waals surface area (Å²) in [5.41, 5.74) is 2.37. The Bertz CT molecular complexity index is 772. The smallest absolute Gasteiger partial charge is 0.269 e. The van der Waals surface area contributed by atoms with Gasteiger partial charge in [0, 0.05) is 27.2 Å². The van der Waals surface area contributed by atoms with Crippen LogP contribution in [0.25, 0.3) is 0 Å². The van der Waals surface area contributed by atoms with Crippen molar-refractivity contribution in [1.29, 1.82) is 0 Å². The summed E-state index contributed by atoms with van der Waals surface area (Å²) < 4.78 is 52.9. The highest BCUT2D eigenvalue weighted by Gasteiger charge is 2.24. The highest BCUT2D eigenvalue weighted by molar-refractivity contribution is 7.92. The predicted molar refractivity (Wildman–Crippen MR) is 98.1 cm³/mol. The van der Waals surface area contributed by atoms with E-state index >= 15 is 0 Å². The van der Waals surface area contributed by atoms with Crippen molar-refractivity contribution in [2.45, 2.75) is 26.7 Å². The molecule has 1 rings (SSSR count). The quantitative estimate of drug-likeness (QED) is 0.739. The second-order valence-corrected chi connectivity index (χ2v) is 10.1. The van der Waals surface area contributed by atoms with E-state index in [1.165, 1.54) is 18.4 Å². The fourth-order valence-corrected chi connectivity index (χ4v) is 3.95. The molecule has 0 aromatic heterocycles. The lowest BCUT2D eigenvalue weighted by Gasteiger charge is -2.28. The third-order valence-corrected chi connectivity index (χ3v) is 6.32. The minimum Gasteiger partial charge on any atom is -0.269 e. The largest absolute Gasteiger partial charge is 0.278 e. The van der Waals surface area contributed by atoms with E-state index in [1.807, 2.05) is 39.0 Å². The number of para-hydroxylation sites is 1. The second kappa shape index (κ2) is 7.81. The topological polar surface area (TPSA) is 86.8 Å². The zero-order chi connectivity index (χ0) is 18.7. The van der Waals surface area contributed by atoms with E-state index in [2.05, 4.69) is 4.72 Å². The number of anilines is 1. The molecule has 9 heteroatoms. The van der Waals surface area contributed by atoms with Crippen LogP contribution in [0.2, 0.25) is 0 Å². The van der Waals surface area contributed by atoms with E-state index in [9.17, 15) is 16.8 Å². The fraction of sp³-hybridized carbons (Fsp3) is 0.600. The van der Waals surface area contributed by atoms with Gasteiger partial charge in [-0.3, -0.25) is 4.31 Å². The van der Waals surface area contributed by atoms with Crippen LogP contribution >= 0.6 is 0 Å². The summed E-state index contributed by atoms with van der Waals surface area (Å²) in [5.74, 6) is 0.141. The lowest BCUT2D eigenvalue weighted by Crippen LogP contribution is -2.42. The molecule has 0 amide bonds. The number of aryl methyl sites for hydroxylation is 1. The van der Waals surface area contributed by atoms with E-state index in [0.717, 1.165) is 21.7 Å². The molecule has 0 aliphatic heterocycles. The number of hydrogen-bond donors (Lipinski definition) is 1. The normalized spacial score (nSPS) is 12.8. The van der Waals surface area contributed by atoms with Gasteiger partial charge in [0.1, 0.15) is 0 Å². The van der Waals surface area contributed by atoms with Crippen LogP contribution in [0, 0.1) is 6.92 Å². The Hall–Kier alpha value is -1.16. The minimum atomic E-state index is -3.60. The van der Waals surface area contributed by atoms with Crippen molar-refractivity contribution < 1.29 is 16.8 Å². The molecule has 0 spiro atoms. The van der Waals surface area contributed by atoms with Gasteiger partial charge in [-0.2, -0.15) is 12.7 Å². The Kier molecular flexibility index (Phi) is 6.80. The average molecular weight is 378 g/mol. The van der Waals surface area contributed by atoms with Crippen LogP contribution < -0.4 is 9.03 Å². The molecule has 0 saturated carbocycles. The molecule has 0 bridgehead atoms. The van der Waals surface area contributed by atoms with Crippen molar-refractivity contribution >= 4 is 25.9 Å². The standard InChI is InChI=1S/C15H27N3O4S2/c1-12(2)14-9-7-8-13(3)15(14)18(23(6,19)20)11-10-16-24(21,22)17(4)5/h7-9,12,16H,10-11H2,1-6H3. The number of sulfonamides is 1. The van der Waals surface area contributed by atoms with Crippen LogP contribution in [-0.2, 0) is 20.2 Å². The summed E-state index contributed by atoms with van der Waals surface area (Å²) >= 11 is 0. The first kappa shape index (κ1) is 20.9. The van der Waals surface area contributed by atoms with Crippen molar-refractivity contribution in [2.24, 2.45) is 0 Å². The van der Waals surface area contributed by atoms with Crippen molar-refractivity contribution in [1.82, 2.24) is 9.03 Å². The summed E-state index contributed by atoms with van der Waals surface area (Å²) in [6.45, 7) is 5.85. The molecule has 0 saturated heterocycles. The number of benzene rings is 1. The fourth-order valence-electron chi connectivity index (χ4n) is 2.34. The van der Waals surface area contributed by atoms with E-state index in [0.29, 0.717) is 5.69 Å². The van der Waals surface area contributed by atoms with Crippen molar-refractivity contribution in [3.63, 3.8) is 0 Å². The molecular formula is C15H27N3O4S2. The van der Waals surface area contributed by atoms with Crippen LogP contribution in [0.3, 0.4) is 0 Å².